The number of hydrogen-bond acceptors (Lipinski definition) is 8. The molecule has 0 spiro atoms. The van der Waals surface area contributed by atoms with E-state index in [1.165, 1.54) is 12.5 Å². The molecule has 11 nitrogen and oxygen atoms in total. The van der Waals surface area contributed by atoms with Crippen LogP contribution in [0.5, 0.6) is 0 Å². The molecule has 0 saturated carbocycles. The SMILES string of the molecule is CC(C)(C)[Si](C)(C)O[C@@H]1[C@H](O[PH](=O)O)[C@@H](CO)O[C@H]1c1cnn2c(=O)[nH]cnc12. The number of aliphatic hydroxyl groups excluding tert-OH is 1. The topological polar surface area (TPSA) is 148 Å². The minimum absolute atomic E-state index is 0.152. The van der Waals surface area contributed by atoms with Crippen molar-refractivity contribution < 1.29 is 28.3 Å². The lowest BCUT2D eigenvalue weighted by molar-refractivity contribution is -0.0181. The minimum Gasteiger partial charge on any atom is -0.408 e. The number of hydrogen-bond donors (Lipinski definition) is 3. The molecule has 1 aliphatic rings. The molecule has 0 bridgehead atoms. The van der Waals surface area contributed by atoms with E-state index in [2.05, 4.69) is 35.8 Å². The Bertz CT molecular complexity index is 957. The quantitative estimate of drug-likeness (QED) is 0.436. The summed E-state index contributed by atoms with van der Waals surface area (Å²) in [5.74, 6) is 0. The Hall–Kier alpha value is -1.40. The number of ether oxygens (including phenoxy) is 1. The number of nitrogens with zero attached hydrogens (tertiary/aromatic N) is 3. The van der Waals surface area contributed by atoms with Crippen molar-refractivity contribution >= 4 is 22.2 Å². The van der Waals surface area contributed by atoms with E-state index in [-0.39, 0.29) is 10.7 Å². The zero-order valence-corrected chi connectivity index (χ0v) is 18.9. The van der Waals surface area contributed by atoms with Gasteiger partial charge < -0.3 is 23.7 Å². The van der Waals surface area contributed by atoms with Crippen LogP contribution in [0.4, 0.5) is 0 Å². The number of aromatic nitrogens is 4. The van der Waals surface area contributed by atoms with Gasteiger partial charge in [-0.05, 0) is 18.1 Å². The Balaban J connectivity index is 2.08. The predicted octanol–water partition coefficient (Wildman–Crippen LogP) is 1.01. The molecule has 0 aliphatic carbocycles. The third-order valence-electron chi connectivity index (χ3n) is 5.61. The van der Waals surface area contributed by atoms with Crippen molar-refractivity contribution in [1.29, 1.82) is 0 Å². The molecule has 3 rings (SSSR count). The summed E-state index contributed by atoms with van der Waals surface area (Å²) in [4.78, 5) is 28.0. The molecule has 0 amide bonds. The maximum Gasteiger partial charge on any atom is 0.349 e. The molecule has 1 fully saturated rings. The van der Waals surface area contributed by atoms with Gasteiger partial charge in [0.2, 0.25) is 0 Å². The van der Waals surface area contributed by atoms with Crippen molar-refractivity contribution in [2.75, 3.05) is 6.61 Å². The largest absolute Gasteiger partial charge is 0.408 e. The van der Waals surface area contributed by atoms with Crippen LogP contribution in [0.3, 0.4) is 0 Å². The fourth-order valence-corrected chi connectivity index (χ4v) is 4.88. The molecule has 3 heterocycles. The second-order valence-corrected chi connectivity index (χ2v) is 14.0. The van der Waals surface area contributed by atoms with E-state index in [0.717, 1.165) is 4.52 Å². The zero-order chi connectivity index (χ0) is 21.6. The fraction of sp³-hybridized carbons (Fsp3) is 0.688. The van der Waals surface area contributed by atoms with E-state index >= 15 is 0 Å². The number of fused-ring (bicyclic) bond motifs is 1. The summed E-state index contributed by atoms with van der Waals surface area (Å²) in [6.07, 6.45) is -0.725. The number of aromatic amines is 1. The standard InChI is InChI=1S/C16H27N4O7PSi/c1-16(2,3)29(4,5)27-13-11(25-10(7-21)12(13)26-28(23)24)9-6-19-20-14(9)17-8-18-15(20)22/h6,8,10-13,21,28H,7H2,1-5H3,(H,23,24)(H,17,18,22)/t10-,11+,12-,13+/m1/s1. The highest BCUT2D eigenvalue weighted by Gasteiger charge is 2.52. The maximum atomic E-state index is 12.0. The van der Waals surface area contributed by atoms with Crippen LogP contribution in [0.15, 0.2) is 17.3 Å². The van der Waals surface area contributed by atoms with Crippen LogP contribution >= 0.6 is 8.25 Å². The summed E-state index contributed by atoms with van der Waals surface area (Å²) in [7, 11) is -5.69. The Labute approximate surface area is 169 Å². The lowest BCUT2D eigenvalue weighted by atomic mass is 10.0. The molecule has 0 aromatic carbocycles. The first-order valence-electron chi connectivity index (χ1n) is 9.21. The zero-order valence-electron chi connectivity index (χ0n) is 16.9. The maximum absolute atomic E-state index is 12.0. The highest BCUT2D eigenvalue weighted by molar-refractivity contribution is 7.32. The van der Waals surface area contributed by atoms with Crippen molar-refractivity contribution in [3.63, 3.8) is 0 Å². The lowest BCUT2D eigenvalue weighted by Crippen LogP contribution is -2.48. The monoisotopic (exact) mass is 446 g/mol. The second kappa shape index (κ2) is 8.03. The second-order valence-electron chi connectivity index (χ2n) is 8.51. The lowest BCUT2D eigenvalue weighted by Gasteiger charge is -2.40. The molecule has 13 heteroatoms. The van der Waals surface area contributed by atoms with Crippen molar-refractivity contribution in [3.05, 3.63) is 28.6 Å². The third-order valence-corrected chi connectivity index (χ3v) is 10.6. The molecule has 2 aromatic rings. The van der Waals surface area contributed by atoms with E-state index in [4.69, 9.17) is 13.7 Å². The van der Waals surface area contributed by atoms with E-state index in [1.807, 2.05) is 13.1 Å². The van der Waals surface area contributed by atoms with E-state index in [1.54, 1.807) is 0 Å². The molecule has 1 aliphatic heterocycles. The van der Waals surface area contributed by atoms with Gasteiger partial charge in [0.05, 0.1) is 19.1 Å². The third kappa shape index (κ3) is 4.24. The fourth-order valence-electron chi connectivity index (χ4n) is 3.07. The first kappa shape index (κ1) is 22.3. The summed E-state index contributed by atoms with van der Waals surface area (Å²) in [6.45, 7) is 9.84. The smallest absolute Gasteiger partial charge is 0.349 e. The summed E-state index contributed by atoms with van der Waals surface area (Å²) in [5, 5.41) is 13.7. The highest BCUT2D eigenvalue weighted by atomic mass is 31.1. The van der Waals surface area contributed by atoms with Gasteiger partial charge in [0, 0.05) is 5.56 Å². The number of aliphatic hydroxyl groups is 1. The van der Waals surface area contributed by atoms with Crippen LogP contribution in [0.25, 0.3) is 5.65 Å². The average molecular weight is 446 g/mol. The molecule has 29 heavy (non-hydrogen) atoms. The molecule has 5 atom stereocenters. The van der Waals surface area contributed by atoms with Gasteiger partial charge in [-0.25, -0.2) is 9.78 Å². The first-order valence-corrected chi connectivity index (χ1v) is 13.4. The Kier molecular flexibility index (Phi) is 6.17. The van der Waals surface area contributed by atoms with Crippen LogP contribution < -0.4 is 5.69 Å². The van der Waals surface area contributed by atoms with Gasteiger partial charge in [0.1, 0.15) is 24.4 Å². The Morgan fingerprint density at radius 3 is 2.66 bits per heavy atom. The van der Waals surface area contributed by atoms with E-state index in [0.29, 0.717) is 5.56 Å². The van der Waals surface area contributed by atoms with Crippen LogP contribution in [0.2, 0.25) is 18.1 Å². The number of rotatable bonds is 6. The molecule has 0 radical (unpaired) electrons. The van der Waals surface area contributed by atoms with Gasteiger partial charge in [-0.15, -0.1) is 0 Å². The molecule has 162 valence electrons. The van der Waals surface area contributed by atoms with Gasteiger partial charge in [0.25, 0.3) is 0 Å². The predicted molar refractivity (Wildman–Crippen MR) is 106 cm³/mol. The van der Waals surface area contributed by atoms with E-state index in [9.17, 15) is 19.4 Å². The number of nitrogens with one attached hydrogen (secondary N) is 1. The summed E-state index contributed by atoms with van der Waals surface area (Å²) >= 11 is 0. The van der Waals surface area contributed by atoms with Crippen LogP contribution in [-0.2, 0) is 18.3 Å². The first-order chi connectivity index (χ1) is 13.5. The summed E-state index contributed by atoms with van der Waals surface area (Å²) < 4.78 is 30.3. The normalized spacial score (nSPS) is 26.9. The van der Waals surface area contributed by atoms with Crippen LogP contribution in [-0.4, -0.2) is 62.8 Å². The van der Waals surface area contributed by atoms with Gasteiger partial charge in [-0.1, -0.05) is 20.8 Å². The van der Waals surface area contributed by atoms with Crippen LogP contribution in [0.1, 0.15) is 32.4 Å². The van der Waals surface area contributed by atoms with Crippen molar-refractivity contribution in [2.45, 2.75) is 63.3 Å². The van der Waals surface area contributed by atoms with Gasteiger partial charge in [-0.3, -0.25) is 9.55 Å². The minimum atomic E-state index is -3.32. The van der Waals surface area contributed by atoms with E-state index < -0.39 is 53.3 Å². The van der Waals surface area contributed by atoms with Gasteiger partial charge >= 0.3 is 13.9 Å². The molecule has 1 unspecified atom stereocenters. The van der Waals surface area contributed by atoms with Gasteiger partial charge in [0.15, 0.2) is 14.0 Å². The summed E-state index contributed by atoms with van der Waals surface area (Å²) in [5.41, 5.74) is 0.284. The Morgan fingerprint density at radius 2 is 2.07 bits per heavy atom. The molecular formula is C16H27N4O7PSi. The van der Waals surface area contributed by atoms with Crippen LogP contribution in [0, 0.1) is 0 Å². The van der Waals surface area contributed by atoms with Crippen molar-refractivity contribution in [3.8, 4) is 0 Å². The molecular weight excluding hydrogens is 419 g/mol. The average Bonchev–Trinajstić information content (AvgIpc) is 3.16. The highest BCUT2D eigenvalue weighted by Crippen LogP contribution is 2.45. The van der Waals surface area contributed by atoms with Crippen molar-refractivity contribution in [1.82, 2.24) is 19.6 Å². The molecule has 1 saturated heterocycles. The molecule has 3 N–H and O–H groups in total. The van der Waals surface area contributed by atoms with Gasteiger partial charge in [-0.2, -0.15) is 9.61 Å². The Morgan fingerprint density at radius 1 is 1.38 bits per heavy atom. The number of H-pyrrole nitrogens is 1. The molecule has 2 aromatic heterocycles. The van der Waals surface area contributed by atoms with Crippen molar-refractivity contribution in [2.24, 2.45) is 0 Å². The summed E-state index contributed by atoms with van der Waals surface area (Å²) in [6, 6.07) is 0.